The molecule has 0 aliphatic rings. The average molecular weight is 366 g/mol. The van der Waals surface area contributed by atoms with Crippen molar-refractivity contribution in [3.63, 3.8) is 0 Å². The first-order chi connectivity index (χ1) is 9.74. The highest BCUT2D eigenvalue weighted by Gasteiger charge is 2.15. The average Bonchev–Trinajstić information content (AvgIpc) is 3.05. The van der Waals surface area contributed by atoms with Crippen LogP contribution in [0.25, 0.3) is 32.4 Å². The predicted molar refractivity (Wildman–Crippen MR) is 85.2 cm³/mol. The Balaban J connectivity index is 2.14. The summed E-state index contributed by atoms with van der Waals surface area (Å²) in [5.41, 5.74) is 3.65. The van der Waals surface area contributed by atoms with Gasteiger partial charge in [0.25, 0.3) is 0 Å². The molecule has 1 N–H and O–H groups in total. The van der Waals surface area contributed by atoms with E-state index in [2.05, 4.69) is 36.1 Å². The van der Waals surface area contributed by atoms with Crippen molar-refractivity contribution in [2.45, 2.75) is 0 Å². The van der Waals surface area contributed by atoms with Gasteiger partial charge in [0.2, 0.25) is 5.28 Å². The molecule has 1 aromatic carbocycles. The largest absolute Gasteiger partial charge is 0.278 e. The van der Waals surface area contributed by atoms with Gasteiger partial charge in [-0.3, -0.25) is 5.10 Å². The fourth-order valence-corrected chi connectivity index (χ4v) is 3.96. The zero-order chi connectivity index (χ0) is 13.7. The molecule has 4 aromatic rings. The third kappa shape index (κ3) is 1.76. The summed E-state index contributed by atoms with van der Waals surface area (Å²) >= 11 is 11.2. The molecular weight excluding hydrogens is 360 g/mol. The van der Waals surface area contributed by atoms with E-state index < -0.39 is 0 Å². The lowest BCUT2D eigenvalue weighted by molar-refractivity contribution is 1.12. The number of H-pyrrole nitrogens is 1. The fraction of sp³-hybridized carbons (Fsp3) is 0. The number of nitrogens with one attached hydrogen (secondary N) is 1. The molecule has 3 aromatic heterocycles. The first-order valence-corrected chi connectivity index (χ1v) is 7.82. The van der Waals surface area contributed by atoms with E-state index in [4.69, 9.17) is 11.6 Å². The molecular formula is C13H6BrClN4S. The number of thiophene rings is 1. The lowest BCUT2D eigenvalue weighted by Crippen LogP contribution is -1.89. The highest BCUT2D eigenvalue weighted by atomic mass is 79.9. The van der Waals surface area contributed by atoms with Gasteiger partial charge >= 0.3 is 0 Å². The molecule has 4 nitrogen and oxygen atoms in total. The second-order valence-electron chi connectivity index (χ2n) is 4.24. The van der Waals surface area contributed by atoms with Gasteiger partial charge in [-0.15, -0.1) is 11.3 Å². The highest BCUT2D eigenvalue weighted by Crippen LogP contribution is 2.38. The Morgan fingerprint density at radius 1 is 1.25 bits per heavy atom. The zero-order valence-corrected chi connectivity index (χ0v) is 13.1. The smallest absolute Gasteiger partial charge is 0.223 e. The fourth-order valence-electron chi connectivity index (χ4n) is 2.22. The Morgan fingerprint density at radius 3 is 3.05 bits per heavy atom. The summed E-state index contributed by atoms with van der Waals surface area (Å²) in [6.07, 6.45) is 1.80. The summed E-state index contributed by atoms with van der Waals surface area (Å²) in [6.45, 7) is 0. The third-order valence-electron chi connectivity index (χ3n) is 3.08. The topological polar surface area (TPSA) is 54.5 Å². The number of fused-ring (bicyclic) bond motifs is 2. The Kier molecular flexibility index (Phi) is 2.76. The van der Waals surface area contributed by atoms with Crippen molar-refractivity contribution in [3.05, 3.63) is 39.5 Å². The maximum absolute atomic E-state index is 6.07. The van der Waals surface area contributed by atoms with Gasteiger partial charge in [0.05, 0.1) is 26.6 Å². The van der Waals surface area contributed by atoms with Gasteiger partial charge in [0.15, 0.2) is 0 Å². The van der Waals surface area contributed by atoms with Gasteiger partial charge in [-0.1, -0.05) is 12.1 Å². The van der Waals surface area contributed by atoms with Crippen molar-refractivity contribution in [2.24, 2.45) is 0 Å². The maximum Gasteiger partial charge on any atom is 0.223 e. The number of benzene rings is 1. The highest BCUT2D eigenvalue weighted by molar-refractivity contribution is 9.10. The van der Waals surface area contributed by atoms with Crippen molar-refractivity contribution >= 4 is 60.0 Å². The van der Waals surface area contributed by atoms with Gasteiger partial charge in [0.1, 0.15) is 5.52 Å². The molecule has 7 heteroatoms. The molecule has 0 radical (unpaired) electrons. The molecule has 0 saturated carbocycles. The van der Waals surface area contributed by atoms with Crippen LogP contribution < -0.4 is 0 Å². The summed E-state index contributed by atoms with van der Waals surface area (Å²) < 4.78 is 1.94. The zero-order valence-electron chi connectivity index (χ0n) is 9.89. The number of aromatic nitrogens is 4. The monoisotopic (exact) mass is 364 g/mol. The molecule has 0 bridgehead atoms. The predicted octanol–water partition coefficient (Wildman–Crippen LogP) is 4.65. The maximum atomic E-state index is 6.07. The third-order valence-corrected chi connectivity index (χ3v) is 5.14. The summed E-state index contributed by atoms with van der Waals surface area (Å²) in [4.78, 5) is 8.70. The molecule has 20 heavy (non-hydrogen) atoms. The van der Waals surface area contributed by atoms with E-state index in [0.717, 1.165) is 36.8 Å². The quantitative estimate of drug-likeness (QED) is 0.500. The minimum Gasteiger partial charge on any atom is -0.278 e. The molecule has 0 amide bonds. The van der Waals surface area contributed by atoms with Crippen LogP contribution in [0.15, 0.2) is 34.2 Å². The van der Waals surface area contributed by atoms with Crippen LogP contribution >= 0.6 is 38.9 Å². The van der Waals surface area contributed by atoms with E-state index in [-0.39, 0.29) is 5.28 Å². The van der Waals surface area contributed by atoms with Gasteiger partial charge in [-0.05, 0) is 33.6 Å². The van der Waals surface area contributed by atoms with Crippen LogP contribution in [-0.2, 0) is 0 Å². The van der Waals surface area contributed by atoms with E-state index >= 15 is 0 Å². The number of hydrogen-bond acceptors (Lipinski definition) is 4. The van der Waals surface area contributed by atoms with Crippen LogP contribution in [0, 0.1) is 0 Å². The van der Waals surface area contributed by atoms with E-state index in [1.54, 1.807) is 17.5 Å². The van der Waals surface area contributed by atoms with Crippen molar-refractivity contribution in [1.29, 1.82) is 0 Å². The molecule has 0 unspecified atom stereocenters. The number of aromatic amines is 1. The van der Waals surface area contributed by atoms with Crippen LogP contribution in [0.1, 0.15) is 0 Å². The Bertz CT molecular complexity index is 946. The number of hydrogen-bond donors (Lipinski definition) is 1. The minimum atomic E-state index is 0.243. The molecule has 0 fully saturated rings. The van der Waals surface area contributed by atoms with Gasteiger partial charge < -0.3 is 0 Å². The molecule has 3 heterocycles. The van der Waals surface area contributed by atoms with Crippen molar-refractivity contribution in [2.75, 3.05) is 0 Å². The summed E-state index contributed by atoms with van der Waals surface area (Å²) in [7, 11) is 0. The second kappa shape index (κ2) is 4.51. The van der Waals surface area contributed by atoms with E-state index in [1.807, 2.05) is 23.6 Å². The Labute approximate surface area is 130 Å². The van der Waals surface area contributed by atoms with Gasteiger partial charge in [-0.25, -0.2) is 9.97 Å². The first-order valence-electron chi connectivity index (χ1n) is 5.77. The van der Waals surface area contributed by atoms with Crippen LogP contribution in [-0.4, -0.2) is 20.2 Å². The van der Waals surface area contributed by atoms with Gasteiger partial charge in [0, 0.05) is 16.3 Å². The molecule has 0 aliphatic heterocycles. The second-order valence-corrected chi connectivity index (χ2v) is 6.31. The molecule has 0 aliphatic carbocycles. The molecule has 4 rings (SSSR count). The van der Waals surface area contributed by atoms with Crippen LogP contribution in [0.2, 0.25) is 5.28 Å². The standard InChI is InChI=1S/C13H6BrClN4S/c14-8-5-20-12-10(17-13(15)18-11(8)12)6-2-1-3-9-7(6)4-16-19-9/h1-5H,(H,16,19). The lowest BCUT2D eigenvalue weighted by atomic mass is 10.1. The lowest BCUT2D eigenvalue weighted by Gasteiger charge is -2.04. The van der Waals surface area contributed by atoms with Crippen molar-refractivity contribution in [1.82, 2.24) is 20.2 Å². The Morgan fingerprint density at radius 2 is 2.15 bits per heavy atom. The van der Waals surface area contributed by atoms with Crippen molar-refractivity contribution in [3.8, 4) is 11.3 Å². The van der Waals surface area contributed by atoms with Crippen LogP contribution in [0.3, 0.4) is 0 Å². The van der Waals surface area contributed by atoms with Crippen LogP contribution in [0.5, 0.6) is 0 Å². The molecule has 0 spiro atoms. The Hall–Kier alpha value is -1.50. The summed E-state index contributed by atoms with van der Waals surface area (Å²) in [6, 6.07) is 5.97. The number of rotatable bonds is 1. The molecule has 0 saturated heterocycles. The van der Waals surface area contributed by atoms with Gasteiger partial charge in [-0.2, -0.15) is 5.10 Å². The molecule has 98 valence electrons. The number of nitrogens with zero attached hydrogens (tertiary/aromatic N) is 3. The van der Waals surface area contributed by atoms with Crippen LogP contribution in [0.4, 0.5) is 0 Å². The van der Waals surface area contributed by atoms with E-state index in [1.165, 1.54) is 0 Å². The summed E-state index contributed by atoms with van der Waals surface area (Å²) in [5.74, 6) is 0. The normalized spacial score (nSPS) is 11.5. The SMILES string of the molecule is Clc1nc(-c2cccc3[nH]ncc23)c2scc(Br)c2n1. The first kappa shape index (κ1) is 12.3. The number of halogens is 2. The minimum absolute atomic E-state index is 0.243. The van der Waals surface area contributed by atoms with E-state index in [9.17, 15) is 0 Å². The summed E-state index contributed by atoms with van der Waals surface area (Å²) in [5, 5.41) is 10.3. The molecule has 0 atom stereocenters. The van der Waals surface area contributed by atoms with Crippen molar-refractivity contribution < 1.29 is 0 Å². The van der Waals surface area contributed by atoms with E-state index in [0.29, 0.717) is 0 Å².